The van der Waals surface area contributed by atoms with Gasteiger partial charge in [0.2, 0.25) is 5.91 Å². The molecule has 17 heavy (non-hydrogen) atoms. The van der Waals surface area contributed by atoms with Crippen molar-refractivity contribution in [1.82, 2.24) is 5.32 Å². The Morgan fingerprint density at radius 1 is 1.29 bits per heavy atom. The van der Waals surface area contributed by atoms with Crippen molar-refractivity contribution in [2.75, 3.05) is 0 Å². The lowest BCUT2D eigenvalue weighted by Gasteiger charge is -2.37. The van der Waals surface area contributed by atoms with Gasteiger partial charge in [-0.25, -0.2) is 4.79 Å². The Kier molecular flexibility index (Phi) is 5.13. The fraction of sp³-hybridized carbons (Fsp3) is 0.833. The first kappa shape index (κ1) is 15.9. The molecule has 0 aliphatic carbocycles. The first-order valence-corrected chi connectivity index (χ1v) is 5.86. The van der Waals surface area contributed by atoms with Crippen LogP contribution in [0.15, 0.2) is 0 Å². The van der Waals surface area contributed by atoms with E-state index in [1.54, 1.807) is 27.7 Å². The van der Waals surface area contributed by atoms with Gasteiger partial charge in [-0.3, -0.25) is 4.79 Å². The highest BCUT2D eigenvalue weighted by Crippen LogP contribution is 2.28. The molecule has 0 heterocycles. The van der Waals surface area contributed by atoms with Crippen molar-refractivity contribution < 1.29 is 14.7 Å². The van der Waals surface area contributed by atoms with Crippen molar-refractivity contribution in [3.63, 3.8) is 0 Å². The van der Waals surface area contributed by atoms with Gasteiger partial charge in [-0.15, -0.1) is 0 Å². The standard InChI is InChI=1S/C12H24N2O3/c1-6-7-8(9(15)16)14-10(17)11(2,3)12(4,5)13/h8H,6-7,13H2,1-5H3,(H,14,17)(H,15,16). The Bertz CT molecular complexity index is 293. The van der Waals surface area contributed by atoms with Gasteiger partial charge < -0.3 is 16.2 Å². The van der Waals surface area contributed by atoms with Crippen LogP contribution in [0.4, 0.5) is 0 Å². The number of carbonyl (C=O) groups excluding carboxylic acids is 1. The van der Waals surface area contributed by atoms with Crippen LogP contribution in [0.5, 0.6) is 0 Å². The summed E-state index contributed by atoms with van der Waals surface area (Å²) in [5.41, 5.74) is 4.39. The predicted octanol–water partition coefficient (Wildman–Crippen LogP) is 1.12. The second-order valence-electron chi connectivity index (χ2n) is 5.50. The maximum Gasteiger partial charge on any atom is 0.326 e. The lowest BCUT2D eigenvalue weighted by atomic mass is 9.74. The van der Waals surface area contributed by atoms with Gasteiger partial charge in [0, 0.05) is 5.54 Å². The summed E-state index contributed by atoms with van der Waals surface area (Å²) in [6.07, 6.45) is 1.12. The smallest absolute Gasteiger partial charge is 0.326 e. The maximum absolute atomic E-state index is 12.0. The zero-order chi connectivity index (χ0) is 13.9. The third-order valence-corrected chi connectivity index (χ3v) is 3.36. The summed E-state index contributed by atoms with van der Waals surface area (Å²) in [7, 11) is 0. The largest absolute Gasteiger partial charge is 0.480 e. The molecule has 1 amide bonds. The Morgan fingerprint density at radius 3 is 2.06 bits per heavy atom. The van der Waals surface area contributed by atoms with E-state index in [4.69, 9.17) is 10.8 Å². The average molecular weight is 244 g/mol. The van der Waals surface area contributed by atoms with Gasteiger partial charge in [0.25, 0.3) is 0 Å². The van der Waals surface area contributed by atoms with E-state index in [1.807, 2.05) is 6.92 Å². The van der Waals surface area contributed by atoms with Crippen molar-refractivity contribution in [2.45, 2.75) is 59.0 Å². The monoisotopic (exact) mass is 244 g/mol. The number of rotatable bonds is 6. The quantitative estimate of drug-likeness (QED) is 0.652. The molecule has 0 bridgehead atoms. The van der Waals surface area contributed by atoms with Gasteiger partial charge in [0.05, 0.1) is 5.41 Å². The summed E-state index contributed by atoms with van der Waals surface area (Å²) >= 11 is 0. The molecule has 100 valence electrons. The summed E-state index contributed by atoms with van der Waals surface area (Å²) in [6.45, 7) is 8.81. The molecule has 0 saturated heterocycles. The van der Waals surface area contributed by atoms with Gasteiger partial charge in [-0.2, -0.15) is 0 Å². The third-order valence-electron chi connectivity index (χ3n) is 3.36. The van der Waals surface area contributed by atoms with Crippen LogP contribution >= 0.6 is 0 Å². The van der Waals surface area contributed by atoms with Gasteiger partial charge in [0.1, 0.15) is 6.04 Å². The molecule has 1 unspecified atom stereocenters. The van der Waals surface area contributed by atoms with Gasteiger partial charge in [0.15, 0.2) is 0 Å². The molecule has 0 fully saturated rings. The summed E-state index contributed by atoms with van der Waals surface area (Å²) < 4.78 is 0. The van der Waals surface area contributed by atoms with E-state index < -0.39 is 23.0 Å². The molecule has 0 aliphatic heterocycles. The fourth-order valence-corrected chi connectivity index (χ4v) is 1.18. The van der Waals surface area contributed by atoms with E-state index in [-0.39, 0.29) is 5.91 Å². The van der Waals surface area contributed by atoms with Gasteiger partial charge in [-0.05, 0) is 34.1 Å². The molecule has 0 aromatic carbocycles. The topological polar surface area (TPSA) is 92.4 Å². The van der Waals surface area contributed by atoms with Crippen molar-refractivity contribution in [1.29, 1.82) is 0 Å². The minimum Gasteiger partial charge on any atom is -0.480 e. The Balaban J connectivity index is 4.78. The molecule has 4 N–H and O–H groups in total. The van der Waals surface area contributed by atoms with Crippen LogP contribution < -0.4 is 11.1 Å². The summed E-state index contributed by atoms with van der Waals surface area (Å²) in [5, 5.41) is 11.5. The molecule has 0 aromatic heterocycles. The maximum atomic E-state index is 12.0. The third kappa shape index (κ3) is 4.00. The van der Waals surface area contributed by atoms with Crippen LogP contribution in [0.3, 0.4) is 0 Å². The first-order valence-electron chi connectivity index (χ1n) is 5.86. The molecule has 0 rings (SSSR count). The normalized spacial score (nSPS) is 14.2. The molecule has 0 aliphatic rings. The van der Waals surface area contributed by atoms with E-state index in [9.17, 15) is 9.59 Å². The van der Waals surface area contributed by atoms with E-state index in [0.29, 0.717) is 12.8 Å². The van der Waals surface area contributed by atoms with Gasteiger partial charge in [-0.1, -0.05) is 13.3 Å². The Hall–Kier alpha value is -1.10. The number of hydrogen-bond acceptors (Lipinski definition) is 3. The molecule has 1 atom stereocenters. The van der Waals surface area contributed by atoms with Crippen LogP contribution in [-0.2, 0) is 9.59 Å². The van der Waals surface area contributed by atoms with Crippen LogP contribution in [0.1, 0.15) is 47.5 Å². The van der Waals surface area contributed by atoms with E-state index in [2.05, 4.69) is 5.32 Å². The average Bonchev–Trinajstić information content (AvgIpc) is 2.14. The van der Waals surface area contributed by atoms with Crippen LogP contribution in [0, 0.1) is 5.41 Å². The van der Waals surface area contributed by atoms with Crippen LogP contribution in [0.25, 0.3) is 0 Å². The van der Waals surface area contributed by atoms with Crippen molar-refractivity contribution in [3.8, 4) is 0 Å². The number of carboxylic acids is 1. The number of nitrogens with one attached hydrogen (secondary N) is 1. The zero-order valence-corrected chi connectivity index (χ0v) is 11.3. The Labute approximate surface area is 103 Å². The lowest BCUT2D eigenvalue weighted by molar-refractivity contribution is -0.144. The minimum atomic E-state index is -1.01. The second kappa shape index (κ2) is 5.49. The van der Waals surface area contributed by atoms with Crippen molar-refractivity contribution in [3.05, 3.63) is 0 Å². The molecule has 0 aromatic rings. The first-order chi connectivity index (χ1) is 7.54. The SMILES string of the molecule is CCCC(NC(=O)C(C)(C)C(C)(C)N)C(=O)O. The Morgan fingerprint density at radius 2 is 1.76 bits per heavy atom. The highest BCUT2D eigenvalue weighted by atomic mass is 16.4. The number of amides is 1. The van der Waals surface area contributed by atoms with Crippen molar-refractivity contribution in [2.24, 2.45) is 11.1 Å². The number of aliphatic carboxylic acids is 1. The molecule has 0 radical (unpaired) electrons. The molecule has 5 nitrogen and oxygen atoms in total. The van der Waals surface area contributed by atoms with Gasteiger partial charge >= 0.3 is 5.97 Å². The highest BCUT2D eigenvalue weighted by Gasteiger charge is 2.41. The highest BCUT2D eigenvalue weighted by molar-refractivity contribution is 5.87. The number of carboxylic acid groups (broad SMARTS) is 1. The fourth-order valence-electron chi connectivity index (χ4n) is 1.18. The summed E-state index contributed by atoms with van der Waals surface area (Å²) in [5.74, 6) is -1.34. The molecule has 0 spiro atoms. The van der Waals surface area contributed by atoms with E-state index in [1.165, 1.54) is 0 Å². The van der Waals surface area contributed by atoms with Crippen LogP contribution in [-0.4, -0.2) is 28.6 Å². The van der Waals surface area contributed by atoms with E-state index >= 15 is 0 Å². The lowest BCUT2D eigenvalue weighted by Crippen LogP contribution is -2.58. The number of carbonyl (C=O) groups is 2. The summed E-state index contributed by atoms with van der Waals surface area (Å²) in [4.78, 5) is 23.0. The number of hydrogen-bond donors (Lipinski definition) is 3. The van der Waals surface area contributed by atoms with Crippen LogP contribution in [0.2, 0.25) is 0 Å². The molecular formula is C12H24N2O3. The molecular weight excluding hydrogens is 220 g/mol. The number of nitrogens with two attached hydrogens (primary N) is 1. The minimum absolute atomic E-state index is 0.328. The zero-order valence-electron chi connectivity index (χ0n) is 11.3. The summed E-state index contributed by atoms with van der Waals surface area (Å²) in [6, 6.07) is -0.839. The predicted molar refractivity (Wildman–Crippen MR) is 66.5 cm³/mol. The molecule has 5 heteroatoms. The second-order valence-corrected chi connectivity index (χ2v) is 5.50. The molecule has 0 saturated carbocycles. The van der Waals surface area contributed by atoms with E-state index in [0.717, 1.165) is 0 Å². The van der Waals surface area contributed by atoms with Crippen molar-refractivity contribution >= 4 is 11.9 Å².